The Labute approximate surface area is 109 Å². The smallest absolute Gasteiger partial charge is 0.320 e. The molecule has 0 saturated carbocycles. The van der Waals surface area contributed by atoms with Crippen molar-refractivity contribution in [3.05, 3.63) is 35.4 Å². The number of benzene rings is 1. The van der Waals surface area contributed by atoms with E-state index in [0.29, 0.717) is 12.0 Å². The average Bonchev–Trinajstić information content (AvgIpc) is 2.33. The Morgan fingerprint density at radius 2 is 2.17 bits per heavy atom. The van der Waals surface area contributed by atoms with Crippen molar-refractivity contribution in [2.45, 2.75) is 19.0 Å². The maximum absolute atomic E-state index is 12.9. The molecule has 2 N–H and O–H groups in total. The maximum atomic E-state index is 12.9. The predicted octanol–water partition coefficient (Wildman–Crippen LogP) is 2.26. The van der Waals surface area contributed by atoms with Crippen molar-refractivity contribution in [2.24, 2.45) is 0 Å². The Hall–Kier alpha value is -1.14. The van der Waals surface area contributed by atoms with Crippen molar-refractivity contribution in [3.63, 3.8) is 0 Å². The minimum Gasteiger partial charge on any atom is -0.480 e. The summed E-state index contributed by atoms with van der Waals surface area (Å²) < 4.78 is 25.6. The van der Waals surface area contributed by atoms with Gasteiger partial charge in [-0.05, 0) is 36.1 Å². The largest absolute Gasteiger partial charge is 0.480 e. The average molecular weight is 275 g/mol. The van der Waals surface area contributed by atoms with Gasteiger partial charge in [0.1, 0.15) is 6.04 Å². The topological polar surface area (TPSA) is 49.3 Å². The lowest BCUT2D eigenvalue weighted by Crippen LogP contribution is -2.36. The van der Waals surface area contributed by atoms with E-state index < -0.39 is 23.6 Å². The number of carboxylic acids is 1. The fourth-order valence-corrected chi connectivity index (χ4v) is 1.91. The quantitative estimate of drug-likeness (QED) is 0.801. The van der Waals surface area contributed by atoms with Crippen molar-refractivity contribution in [1.82, 2.24) is 5.32 Å². The Balaban J connectivity index is 2.55. The summed E-state index contributed by atoms with van der Waals surface area (Å²) in [7, 11) is 0. The SMILES string of the molecule is CSCCC(NCc1ccc(F)c(F)c1)C(=O)O. The van der Waals surface area contributed by atoms with Gasteiger partial charge < -0.3 is 10.4 Å². The summed E-state index contributed by atoms with van der Waals surface area (Å²) in [4.78, 5) is 10.9. The van der Waals surface area contributed by atoms with E-state index >= 15 is 0 Å². The summed E-state index contributed by atoms with van der Waals surface area (Å²) in [5, 5.41) is 11.8. The molecule has 0 spiro atoms. The van der Waals surface area contributed by atoms with Crippen LogP contribution in [0.4, 0.5) is 8.78 Å². The zero-order valence-electron chi connectivity index (χ0n) is 9.95. The minimum absolute atomic E-state index is 0.197. The van der Waals surface area contributed by atoms with Crippen LogP contribution in [0.5, 0.6) is 0 Å². The molecule has 1 rings (SSSR count). The summed E-state index contributed by atoms with van der Waals surface area (Å²) >= 11 is 1.56. The van der Waals surface area contributed by atoms with Crippen LogP contribution >= 0.6 is 11.8 Å². The second kappa shape index (κ2) is 7.33. The monoisotopic (exact) mass is 275 g/mol. The molecule has 3 nitrogen and oxygen atoms in total. The summed E-state index contributed by atoms with van der Waals surface area (Å²) in [5.41, 5.74) is 0.518. The third-order valence-electron chi connectivity index (χ3n) is 2.45. The fraction of sp³-hybridized carbons (Fsp3) is 0.417. The summed E-state index contributed by atoms with van der Waals surface area (Å²) in [6.07, 6.45) is 2.38. The number of nitrogens with one attached hydrogen (secondary N) is 1. The molecule has 0 amide bonds. The maximum Gasteiger partial charge on any atom is 0.320 e. The van der Waals surface area contributed by atoms with Crippen LogP contribution in [0.1, 0.15) is 12.0 Å². The van der Waals surface area contributed by atoms with Gasteiger partial charge in [0.05, 0.1) is 0 Å². The van der Waals surface area contributed by atoms with Gasteiger partial charge in [0.2, 0.25) is 0 Å². The molecule has 0 aliphatic carbocycles. The highest BCUT2D eigenvalue weighted by atomic mass is 32.2. The Bertz CT molecular complexity index is 415. The van der Waals surface area contributed by atoms with Crippen LogP contribution in [0.2, 0.25) is 0 Å². The van der Waals surface area contributed by atoms with E-state index in [1.54, 1.807) is 11.8 Å². The summed E-state index contributed by atoms with van der Waals surface area (Å²) in [6.45, 7) is 0.197. The molecule has 1 atom stereocenters. The molecule has 1 aromatic rings. The highest BCUT2D eigenvalue weighted by Crippen LogP contribution is 2.09. The molecule has 18 heavy (non-hydrogen) atoms. The van der Waals surface area contributed by atoms with Crippen molar-refractivity contribution in [2.75, 3.05) is 12.0 Å². The number of hydrogen-bond acceptors (Lipinski definition) is 3. The molecular formula is C12H15F2NO2S. The number of carbonyl (C=O) groups is 1. The molecule has 0 heterocycles. The van der Waals surface area contributed by atoms with Crippen LogP contribution in [0.3, 0.4) is 0 Å². The molecule has 0 aliphatic heterocycles. The molecule has 0 radical (unpaired) electrons. The van der Waals surface area contributed by atoms with E-state index in [4.69, 9.17) is 5.11 Å². The fourth-order valence-electron chi connectivity index (χ4n) is 1.44. The van der Waals surface area contributed by atoms with Crippen LogP contribution in [-0.2, 0) is 11.3 Å². The third kappa shape index (κ3) is 4.62. The van der Waals surface area contributed by atoms with Gasteiger partial charge in [0.25, 0.3) is 0 Å². The molecule has 0 fully saturated rings. The van der Waals surface area contributed by atoms with Crippen LogP contribution in [0, 0.1) is 11.6 Å². The lowest BCUT2D eigenvalue weighted by Gasteiger charge is -2.13. The second-order valence-corrected chi connectivity index (χ2v) is 4.79. The zero-order valence-corrected chi connectivity index (χ0v) is 10.8. The first kappa shape index (κ1) is 14.9. The first-order valence-corrected chi connectivity index (χ1v) is 6.83. The van der Waals surface area contributed by atoms with Crippen molar-refractivity contribution < 1.29 is 18.7 Å². The first-order valence-electron chi connectivity index (χ1n) is 5.43. The van der Waals surface area contributed by atoms with E-state index in [9.17, 15) is 13.6 Å². The standard InChI is InChI=1S/C12H15F2NO2S/c1-18-5-4-11(12(16)17)15-7-8-2-3-9(13)10(14)6-8/h2-3,6,11,15H,4-5,7H2,1H3,(H,16,17). The Morgan fingerprint density at radius 3 is 2.72 bits per heavy atom. The van der Waals surface area contributed by atoms with Gasteiger partial charge in [-0.25, -0.2) is 8.78 Å². The highest BCUT2D eigenvalue weighted by Gasteiger charge is 2.16. The molecule has 6 heteroatoms. The number of halogens is 2. The number of aliphatic carboxylic acids is 1. The van der Waals surface area contributed by atoms with Gasteiger partial charge in [0, 0.05) is 6.54 Å². The van der Waals surface area contributed by atoms with Gasteiger partial charge in [-0.3, -0.25) is 4.79 Å². The molecular weight excluding hydrogens is 260 g/mol. The van der Waals surface area contributed by atoms with E-state index in [1.165, 1.54) is 6.07 Å². The summed E-state index contributed by atoms with van der Waals surface area (Å²) in [6, 6.07) is 2.85. The van der Waals surface area contributed by atoms with Gasteiger partial charge in [-0.2, -0.15) is 11.8 Å². The van der Waals surface area contributed by atoms with Crippen LogP contribution in [0.25, 0.3) is 0 Å². The first-order chi connectivity index (χ1) is 8.54. The lowest BCUT2D eigenvalue weighted by molar-refractivity contribution is -0.139. The van der Waals surface area contributed by atoms with Crippen LogP contribution in [0.15, 0.2) is 18.2 Å². The van der Waals surface area contributed by atoms with Crippen LogP contribution in [-0.4, -0.2) is 29.1 Å². The van der Waals surface area contributed by atoms with E-state index in [-0.39, 0.29) is 6.54 Å². The van der Waals surface area contributed by atoms with Crippen LogP contribution < -0.4 is 5.32 Å². The molecule has 0 bridgehead atoms. The number of hydrogen-bond donors (Lipinski definition) is 2. The van der Waals surface area contributed by atoms with E-state index in [1.807, 2.05) is 6.26 Å². The van der Waals surface area contributed by atoms with Crippen molar-refractivity contribution >= 4 is 17.7 Å². The van der Waals surface area contributed by atoms with Gasteiger partial charge in [0.15, 0.2) is 11.6 Å². The third-order valence-corrected chi connectivity index (χ3v) is 3.09. The summed E-state index contributed by atoms with van der Waals surface area (Å²) in [5.74, 6) is -2.05. The Morgan fingerprint density at radius 1 is 1.44 bits per heavy atom. The van der Waals surface area contributed by atoms with Crippen molar-refractivity contribution in [3.8, 4) is 0 Å². The normalized spacial score (nSPS) is 12.4. The van der Waals surface area contributed by atoms with Gasteiger partial charge in [-0.15, -0.1) is 0 Å². The predicted molar refractivity (Wildman–Crippen MR) is 67.6 cm³/mol. The molecule has 0 aromatic heterocycles. The zero-order chi connectivity index (χ0) is 13.5. The highest BCUT2D eigenvalue weighted by molar-refractivity contribution is 7.98. The number of thioether (sulfide) groups is 1. The van der Waals surface area contributed by atoms with E-state index in [0.717, 1.165) is 17.9 Å². The molecule has 100 valence electrons. The lowest BCUT2D eigenvalue weighted by atomic mass is 10.1. The van der Waals surface area contributed by atoms with Crippen molar-refractivity contribution in [1.29, 1.82) is 0 Å². The number of carboxylic acid groups (broad SMARTS) is 1. The molecule has 0 aliphatic rings. The van der Waals surface area contributed by atoms with Gasteiger partial charge in [-0.1, -0.05) is 6.07 Å². The van der Waals surface area contributed by atoms with Gasteiger partial charge >= 0.3 is 5.97 Å². The number of rotatable bonds is 7. The molecule has 1 unspecified atom stereocenters. The Kier molecular flexibility index (Phi) is 6.07. The molecule has 0 saturated heterocycles. The molecule has 1 aromatic carbocycles. The van der Waals surface area contributed by atoms with E-state index in [2.05, 4.69) is 5.32 Å². The second-order valence-electron chi connectivity index (χ2n) is 3.80. The minimum atomic E-state index is -0.938.